The predicted octanol–water partition coefficient (Wildman–Crippen LogP) is 5.61. The second kappa shape index (κ2) is 9.62. The van der Waals surface area contributed by atoms with Crippen molar-refractivity contribution in [2.45, 2.75) is 11.0 Å². The van der Waals surface area contributed by atoms with Crippen molar-refractivity contribution in [3.63, 3.8) is 0 Å². The molecular weight excluding hydrogens is 482 g/mol. The molecule has 2 aromatic carbocycles. The average Bonchev–Trinajstić information content (AvgIpc) is 3.29. The number of rotatable bonds is 5. The summed E-state index contributed by atoms with van der Waals surface area (Å²) in [5.74, 6) is -0.373. The first-order valence-electron chi connectivity index (χ1n) is 9.93. The number of anilines is 2. The van der Waals surface area contributed by atoms with Crippen molar-refractivity contribution >= 4 is 40.5 Å². The number of nitrogens with one attached hydrogen (secondary N) is 1. The molecule has 1 N–H and O–H groups in total. The number of carbonyl (C=O) groups excluding carboxylic acids is 1. The minimum absolute atomic E-state index is 0.0513. The summed E-state index contributed by atoms with van der Waals surface area (Å²) in [5, 5.41) is 6.49. The monoisotopic (exact) mass is 499 g/mol. The SMILES string of the molecule is O=C(Nc1cccc(-c2cc(-c3c(N4CCOCC4)cccc3C(F)(F)F)no2)c1)C(Cl)Cl. The number of benzene rings is 2. The molecule has 2 heterocycles. The maximum atomic E-state index is 13.9. The van der Waals surface area contributed by atoms with Crippen molar-refractivity contribution in [2.75, 3.05) is 36.5 Å². The summed E-state index contributed by atoms with van der Waals surface area (Å²) in [6.07, 6.45) is -4.58. The van der Waals surface area contributed by atoms with Crippen LogP contribution in [-0.2, 0) is 15.7 Å². The lowest BCUT2D eigenvalue weighted by molar-refractivity contribution is -0.137. The van der Waals surface area contributed by atoms with Crippen LogP contribution in [0.3, 0.4) is 0 Å². The Balaban J connectivity index is 1.73. The number of amides is 1. The van der Waals surface area contributed by atoms with Gasteiger partial charge in [0.05, 0.1) is 18.8 Å². The summed E-state index contributed by atoms with van der Waals surface area (Å²) < 4.78 is 52.4. The van der Waals surface area contributed by atoms with Crippen LogP contribution in [-0.4, -0.2) is 42.2 Å². The van der Waals surface area contributed by atoms with E-state index in [1.54, 1.807) is 30.3 Å². The Morgan fingerprint density at radius 2 is 1.82 bits per heavy atom. The molecule has 33 heavy (non-hydrogen) atoms. The van der Waals surface area contributed by atoms with Crippen molar-refractivity contribution in [2.24, 2.45) is 0 Å². The summed E-state index contributed by atoms with van der Waals surface area (Å²) in [7, 11) is 0. The Morgan fingerprint density at radius 3 is 2.52 bits per heavy atom. The van der Waals surface area contributed by atoms with Gasteiger partial charge in [0.2, 0.25) is 0 Å². The largest absolute Gasteiger partial charge is 0.417 e. The third kappa shape index (κ3) is 5.26. The van der Waals surface area contributed by atoms with Gasteiger partial charge in [-0.05, 0) is 24.3 Å². The molecule has 3 aromatic rings. The van der Waals surface area contributed by atoms with Crippen molar-refractivity contribution in [3.05, 3.63) is 54.1 Å². The molecule has 0 aliphatic carbocycles. The van der Waals surface area contributed by atoms with E-state index in [0.717, 1.165) is 6.07 Å². The first-order chi connectivity index (χ1) is 15.7. The lowest BCUT2D eigenvalue weighted by Crippen LogP contribution is -2.36. The molecule has 1 aromatic heterocycles. The van der Waals surface area contributed by atoms with E-state index in [9.17, 15) is 18.0 Å². The molecule has 11 heteroatoms. The van der Waals surface area contributed by atoms with Crippen LogP contribution < -0.4 is 10.2 Å². The van der Waals surface area contributed by atoms with Crippen molar-refractivity contribution in [1.82, 2.24) is 5.16 Å². The zero-order valence-corrected chi connectivity index (χ0v) is 18.5. The van der Waals surface area contributed by atoms with Crippen molar-refractivity contribution in [3.8, 4) is 22.6 Å². The van der Waals surface area contributed by atoms with Crippen LogP contribution in [0, 0.1) is 0 Å². The smallest absolute Gasteiger partial charge is 0.378 e. The third-order valence-electron chi connectivity index (χ3n) is 5.08. The predicted molar refractivity (Wildman–Crippen MR) is 120 cm³/mol. The van der Waals surface area contributed by atoms with Gasteiger partial charge in [-0.3, -0.25) is 4.79 Å². The molecule has 174 valence electrons. The standard InChI is InChI=1S/C22H18Cl2F3N3O3/c23-20(24)21(31)28-14-4-1-3-13(11-14)18-12-16(29-33-18)19-15(22(25,26)27)5-2-6-17(19)30-7-9-32-10-8-30/h1-6,11-12,20H,7-10H2,(H,28,31). The van der Waals surface area contributed by atoms with Crippen LogP contribution in [0.1, 0.15) is 5.56 Å². The van der Waals surface area contributed by atoms with E-state index >= 15 is 0 Å². The second-order valence-electron chi connectivity index (χ2n) is 7.24. The van der Waals surface area contributed by atoms with Crippen LogP contribution >= 0.6 is 23.2 Å². The van der Waals surface area contributed by atoms with E-state index in [1.165, 1.54) is 12.1 Å². The van der Waals surface area contributed by atoms with Crippen LogP contribution in [0.15, 0.2) is 53.1 Å². The van der Waals surface area contributed by atoms with Gasteiger partial charge in [0.15, 0.2) is 10.6 Å². The third-order valence-corrected chi connectivity index (χ3v) is 5.48. The molecule has 1 fully saturated rings. The number of morpholine rings is 1. The van der Waals surface area contributed by atoms with Gasteiger partial charge in [-0.2, -0.15) is 13.2 Å². The molecule has 1 amide bonds. The molecule has 0 spiro atoms. The first-order valence-corrected chi connectivity index (χ1v) is 10.8. The highest BCUT2D eigenvalue weighted by molar-refractivity contribution is 6.54. The quantitative estimate of drug-likeness (QED) is 0.462. The Hall–Kier alpha value is -2.75. The number of hydrogen-bond donors (Lipinski definition) is 1. The van der Waals surface area contributed by atoms with Crippen LogP contribution in [0.2, 0.25) is 0 Å². The van der Waals surface area contributed by atoms with Crippen molar-refractivity contribution < 1.29 is 27.2 Å². The highest BCUT2D eigenvalue weighted by Gasteiger charge is 2.36. The zero-order chi connectivity index (χ0) is 23.6. The van der Waals surface area contributed by atoms with E-state index < -0.39 is 22.5 Å². The van der Waals surface area contributed by atoms with Gasteiger partial charge in [0.1, 0.15) is 5.69 Å². The number of halogens is 5. The van der Waals surface area contributed by atoms with E-state index in [1.807, 2.05) is 4.90 Å². The van der Waals surface area contributed by atoms with Gasteiger partial charge in [-0.15, -0.1) is 0 Å². The molecular formula is C22H18Cl2F3N3O3. The van der Waals surface area contributed by atoms with Gasteiger partial charge in [0, 0.05) is 41.7 Å². The minimum Gasteiger partial charge on any atom is -0.378 e. The number of aromatic nitrogens is 1. The molecule has 1 saturated heterocycles. The topological polar surface area (TPSA) is 67.6 Å². The Bertz CT molecular complexity index is 1150. The molecule has 0 atom stereocenters. The van der Waals surface area contributed by atoms with Gasteiger partial charge in [0.25, 0.3) is 5.91 Å². The first kappa shape index (κ1) is 23.4. The van der Waals surface area contributed by atoms with Crippen LogP contribution in [0.25, 0.3) is 22.6 Å². The fourth-order valence-electron chi connectivity index (χ4n) is 3.59. The van der Waals surface area contributed by atoms with Crippen molar-refractivity contribution in [1.29, 1.82) is 0 Å². The van der Waals surface area contributed by atoms with Crippen LogP contribution in [0.4, 0.5) is 24.5 Å². The summed E-state index contributed by atoms with van der Waals surface area (Å²) in [6, 6.07) is 12.0. The number of ether oxygens (including phenoxy) is 1. The zero-order valence-electron chi connectivity index (χ0n) is 17.0. The van der Waals surface area contributed by atoms with Gasteiger partial charge in [-0.1, -0.05) is 46.6 Å². The Labute approximate surface area is 197 Å². The van der Waals surface area contributed by atoms with E-state index in [-0.39, 0.29) is 17.0 Å². The Kier molecular flexibility index (Phi) is 6.83. The minimum atomic E-state index is -4.58. The number of alkyl halides is 5. The summed E-state index contributed by atoms with van der Waals surface area (Å²) in [6.45, 7) is 1.76. The van der Waals surface area contributed by atoms with Gasteiger partial charge >= 0.3 is 6.18 Å². The summed E-state index contributed by atoms with van der Waals surface area (Å²) >= 11 is 11.1. The highest BCUT2D eigenvalue weighted by Crippen LogP contribution is 2.43. The lowest BCUT2D eigenvalue weighted by Gasteiger charge is -2.31. The summed E-state index contributed by atoms with van der Waals surface area (Å²) in [5.41, 5.74) is 0.497. The molecule has 0 radical (unpaired) electrons. The molecule has 0 saturated carbocycles. The Morgan fingerprint density at radius 1 is 1.09 bits per heavy atom. The molecule has 1 aliphatic heterocycles. The summed E-state index contributed by atoms with van der Waals surface area (Å²) in [4.78, 5) is 12.3. The number of carbonyl (C=O) groups is 1. The second-order valence-corrected chi connectivity index (χ2v) is 8.34. The molecule has 4 rings (SSSR count). The van der Waals surface area contributed by atoms with E-state index in [0.29, 0.717) is 43.2 Å². The highest BCUT2D eigenvalue weighted by atomic mass is 35.5. The van der Waals surface area contributed by atoms with Gasteiger partial charge < -0.3 is 19.5 Å². The number of nitrogens with zero attached hydrogens (tertiary/aromatic N) is 2. The van der Waals surface area contributed by atoms with Gasteiger partial charge in [-0.25, -0.2) is 0 Å². The molecule has 6 nitrogen and oxygen atoms in total. The molecule has 0 bridgehead atoms. The van der Waals surface area contributed by atoms with Crippen LogP contribution in [0.5, 0.6) is 0 Å². The van der Waals surface area contributed by atoms with E-state index in [4.69, 9.17) is 32.5 Å². The maximum Gasteiger partial charge on any atom is 0.417 e. The fraction of sp³-hybridized carbons (Fsp3) is 0.273. The lowest BCUT2D eigenvalue weighted by atomic mass is 9.99. The normalized spacial score (nSPS) is 14.5. The maximum absolute atomic E-state index is 13.9. The average molecular weight is 500 g/mol. The molecule has 0 unspecified atom stereocenters. The van der Waals surface area contributed by atoms with E-state index in [2.05, 4.69) is 10.5 Å². The fourth-order valence-corrected chi connectivity index (χ4v) is 3.70. The molecule has 1 aliphatic rings. The number of hydrogen-bond acceptors (Lipinski definition) is 5.